The van der Waals surface area contributed by atoms with Crippen molar-refractivity contribution in [2.45, 2.75) is 34.3 Å². The molecule has 0 aromatic heterocycles. The summed E-state index contributed by atoms with van der Waals surface area (Å²) in [7, 11) is -6.92. The fourth-order valence-electron chi connectivity index (χ4n) is 3.34. The Bertz CT molecular complexity index is 1010. The summed E-state index contributed by atoms with van der Waals surface area (Å²) in [5.41, 5.74) is 0. The standard InChI is InChI=1S/C20H23NO5S2/c22-20(13-16-27(23,24)17-7-3-1-4-8-17)21-14-11-19(12-15-21)28(25,26)18-9-5-2-6-10-18/h1-10,19H,11-16H2. The molecule has 0 aliphatic carbocycles. The molecule has 0 saturated carbocycles. The van der Waals surface area contributed by atoms with Crippen molar-refractivity contribution in [3.8, 4) is 0 Å². The Balaban J connectivity index is 1.56. The second-order valence-electron chi connectivity index (χ2n) is 6.82. The van der Waals surface area contributed by atoms with Gasteiger partial charge in [-0.15, -0.1) is 0 Å². The molecule has 2 aromatic rings. The van der Waals surface area contributed by atoms with Crippen molar-refractivity contribution in [2.75, 3.05) is 18.8 Å². The van der Waals surface area contributed by atoms with E-state index in [4.69, 9.17) is 0 Å². The number of rotatable bonds is 6. The fraction of sp³-hybridized carbons (Fsp3) is 0.350. The van der Waals surface area contributed by atoms with Crippen LogP contribution in [0.5, 0.6) is 0 Å². The van der Waals surface area contributed by atoms with Crippen molar-refractivity contribution in [1.82, 2.24) is 4.90 Å². The minimum atomic E-state index is -3.51. The second-order valence-corrected chi connectivity index (χ2v) is 11.2. The summed E-state index contributed by atoms with van der Waals surface area (Å²) in [6, 6.07) is 16.4. The van der Waals surface area contributed by atoms with Crippen molar-refractivity contribution in [3.05, 3.63) is 60.7 Å². The van der Waals surface area contributed by atoms with Crippen LogP contribution < -0.4 is 0 Å². The van der Waals surface area contributed by atoms with E-state index in [1.54, 1.807) is 53.4 Å². The average Bonchev–Trinajstić information content (AvgIpc) is 2.73. The molecule has 0 spiro atoms. The molecular formula is C20H23NO5S2. The van der Waals surface area contributed by atoms with Crippen LogP contribution in [0, 0.1) is 0 Å². The molecule has 8 heteroatoms. The van der Waals surface area contributed by atoms with Crippen molar-refractivity contribution >= 4 is 25.6 Å². The third kappa shape index (κ3) is 4.62. The highest BCUT2D eigenvalue weighted by molar-refractivity contribution is 7.92. The molecule has 0 unspecified atom stereocenters. The molecule has 6 nitrogen and oxygen atoms in total. The first-order valence-corrected chi connectivity index (χ1v) is 12.3. The summed E-state index contributed by atoms with van der Waals surface area (Å²) in [5.74, 6) is -0.506. The Hall–Kier alpha value is -2.19. The smallest absolute Gasteiger partial charge is 0.223 e. The van der Waals surface area contributed by atoms with Gasteiger partial charge in [0.25, 0.3) is 0 Å². The van der Waals surface area contributed by atoms with Crippen molar-refractivity contribution < 1.29 is 21.6 Å². The van der Waals surface area contributed by atoms with Crippen molar-refractivity contribution in [2.24, 2.45) is 0 Å². The van der Waals surface area contributed by atoms with Gasteiger partial charge in [0.15, 0.2) is 19.7 Å². The van der Waals surface area contributed by atoms with Crippen molar-refractivity contribution in [3.63, 3.8) is 0 Å². The first kappa shape index (κ1) is 20.5. The minimum absolute atomic E-state index is 0.104. The van der Waals surface area contributed by atoms with E-state index in [2.05, 4.69) is 0 Å². The molecule has 150 valence electrons. The van der Waals surface area contributed by atoms with E-state index in [1.165, 1.54) is 12.1 Å². The van der Waals surface area contributed by atoms with E-state index >= 15 is 0 Å². The van der Waals surface area contributed by atoms with Crippen LogP contribution >= 0.6 is 0 Å². The second kappa shape index (κ2) is 8.45. The van der Waals surface area contributed by atoms with Gasteiger partial charge in [0, 0.05) is 19.5 Å². The van der Waals surface area contributed by atoms with Gasteiger partial charge < -0.3 is 4.90 Å². The first-order chi connectivity index (χ1) is 13.3. The highest BCUT2D eigenvalue weighted by Crippen LogP contribution is 2.25. The Morgan fingerprint density at radius 2 is 1.32 bits per heavy atom. The van der Waals surface area contributed by atoms with Crippen LogP contribution in [0.4, 0.5) is 0 Å². The third-order valence-corrected chi connectivity index (χ3v) is 9.00. The Kier molecular flexibility index (Phi) is 6.20. The van der Waals surface area contributed by atoms with Crippen LogP contribution in [0.1, 0.15) is 19.3 Å². The predicted molar refractivity (Wildman–Crippen MR) is 106 cm³/mol. The molecule has 1 heterocycles. The molecule has 2 aromatic carbocycles. The summed E-state index contributed by atoms with van der Waals surface area (Å²) in [6.45, 7) is 0.641. The molecular weight excluding hydrogens is 398 g/mol. The Morgan fingerprint density at radius 1 is 0.821 bits per heavy atom. The molecule has 0 radical (unpaired) electrons. The van der Waals surface area contributed by atoms with Crippen LogP contribution in [0.3, 0.4) is 0 Å². The van der Waals surface area contributed by atoms with Crippen LogP contribution in [-0.4, -0.2) is 51.7 Å². The summed E-state index contributed by atoms with van der Waals surface area (Å²) in [4.78, 5) is 14.5. The zero-order valence-corrected chi connectivity index (χ0v) is 17.0. The molecule has 0 N–H and O–H groups in total. The van der Waals surface area contributed by atoms with Gasteiger partial charge in [0.2, 0.25) is 5.91 Å². The summed E-state index contributed by atoms with van der Waals surface area (Å²) in [5, 5.41) is -0.521. The summed E-state index contributed by atoms with van der Waals surface area (Å²) in [6.07, 6.45) is 0.607. The minimum Gasteiger partial charge on any atom is -0.343 e. The molecule has 1 amide bonds. The quantitative estimate of drug-likeness (QED) is 0.714. The Morgan fingerprint density at radius 3 is 1.86 bits per heavy atom. The summed E-state index contributed by atoms with van der Waals surface area (Å²) >= 11 is 0. The lowest BCUT2D eigenvalue weighted by Crippen LogP contribution is -2.42. The van der Waals surface area contributed by atoms with Gasteiger partial charge in [0.05, 0.1) is 20.8 Å². The maximum Gasteiger partial charge on any atom is 0.223 e. The van der Waals surface area contributed by atoms with Gasteiger partial charge in [-0.1, -0.05) is 36.4 Å². The van der Waals surface area contributed by atoms with Crippen LogP contribution in [0.2, 0.25) is 0 Å². The average molecular weight is 422 g/mol. The van der Waals surface area contributed by atoms with E-state index in [-0.39, 0.29) is 23.0 Å². The zero-order valence-electron chi connectivity index (χ0n) is 15.4. The molecule has 1 fully saturated rings. The normalized spacial score (nSPS) is 16.1. The number of benzene rings is 2. The largest absolute Gasteiger partial charge is 0.343 e. The van der Waals surface area contributed by atoms with E-state index in [0.29, 0.717) is 30.8 Å². The topological polar surface area (TPSA) is 88.6 Å². The first-order valence-electron chi connectivity index (χ1n) is 9.15. The lowest BCUT2D eigenvalue weighted by Gasteiger charge is -2.31. The number of carbonyl (C=O) groups excluding carboxylic acids is 1. The molecule has 0 atom stereocenters. The lowest BCUT2D eigenvalue weighted by molar-refractivity contribution is -0.131. The molecule has 1 aliphatic rings. The van der Waals surface area contributed by atoms with E-state index in [1.807, 2.05) is 0 Å². The highest BCUT2D eigenvalue weighted by Gasteiger charge is 2.32. The van der Waals surface area contributed by atoms with E-state index < -0.39 is 24.9 Å². The van der Waals surface area contributed by atoms with Gasteiger partial charge in [-0.2, -0.15) is 0 Å². The molecule has 28 heavy (non-hydrogen) atoms. The van der Waals surface area contributed by atoms with Crippen LogP contribution in [0.15, 0.2) is 70.5 Å². The van der Waals surface area contributed by atoms with Gasteiger partial charge >= 0.3 is 0 Å². The molecule has 1 saturated heterocycles. The van der Waals surface area contributed by atoms with E-state index in [0.717, 1.165) is 0 Å². The Labute approximate surface area is 166 Å². The van der Waals surface area contributed by atoms with Crippen LogP contribution in [0.25, 0.3) is 0 Å². The molecule has 0 bridgehead atoms. The number of hydrogen-bond acceptors (Lipinski definition) is 5. The van der Waals surface area contributed by atoms with Gasteiger partial charge in [-0.25, -0.2) is 16.8 Å². The predicted octanol–water partition coefficient (Wildman–Crippen LogP) is 2.32. The fourth-order valence-corrected chi connectivity index (χ4v) is 6.35. The summed E-state index contributed by atoms with van der Waals surface area (Å²) < 4.78 is 50.0. The van der Waals surface area contributed by atoms with Crippen molar-refractivity contribution in [1.29, 1.82) is 0 Å². The number of likely N-dealkylation sites (tertiary alicyclic amines) is 1. The number of nitrogens with zero attached hydrogens (tertiary/aromatic N) is 1. The number of piperidine rings is 1. The maximum absolute atomic E-state index is 12.7. The zero-order chi connectivity index (χ0) is 20.2. The number of amides is 1. The SMILES string of the molecule is O=C(CCS(=O)(=O)c1ccccc1)N1CCC(S(=O)(=O)c2ccccc2)CC1. The number of carbonyl (C=O) groups is 1. The van der Waals surface area contributed by atoms with Gasteiger partial charge in [0.1, 0.15) is 0 Å². The van der Waals surface area contributed by atoms with Crippen LogP contribution in [-0.2, 0) is 24.5 Å². The molecule has 3 rings (SSSR count). The third-order valence-electron chi connectivity index (χ3n) is 4.99. The monoisotopic (exact) mass is 421 g/mol. The highest BCUT2D eigenvalue weighted by atomic mass is 32.2. The maximum atomic E-state index is 12.7. The van der Waals surface area contributed by atoms with E-state index in [9.17, 15) is 21.6 Å². The lowest BCUT2D eigenvalue weighted by atomic mass is 10.1. The van der Waals surface area contributed by atoms with Gasteiger partial charge in [-0.3, -0.25) is 4.79 Å². The number of sulfone groups is 2. The van der Waals surface area contributed by atoms with Gasteiger partial charge in [-0.05, 0) is 37.1 Å². The molecule has 1 aliphatic heterocycles. The number of hydrogen-bond donors (Lipinski definition) is 0.